The predicted octanol–water partition coefficient (Wildman–Crippen LogP) is 0.102. The van der Waals surface area contributed by atoms with Gasteiger partial charge in [0.25, 0.3) is 0 Å². The molecule has 1 rings (SSSR count). The Morgan fingerprint density at radius 1 is 1.38 bits per heavy atom. The molecule has 0 N–H and O–H groups in total. The average molecular weight is 130 g/mol. The van der Waals surface area contributed by atoms with Crippen LogP contribution in [0.25, 0.3) is 0 Å². The van der Waals surface area contributed by atoms with Gasteiger partial charge < -0.3 is 4.90 Å². The Hall–Kier alpha value is -0.180. The third-order valence-electron chi connectivity index (χ3n) is 1.14. The van der Waals surface area contributed by atoms with E-state index in [0.717, 1.165) is 24.6 Å². The van der Waals surface area contributed by atoms with Gasteiger partial charge in [-0.3, -0.25) is 4.79 Å². The molecule has 1 fully saturated rings. The quantitative estimate of drug-likeness (QED) is 0.502. The lowest BCUT2D eigenvalue weighted by Gasteiger charge is -2.19. The maximum absolute atomic E-state index is 9.95. The van der Waals surface area contributed by atoms with Crippen LogP contribution in [0.3, 0.4) is 0 Å². The fourth-order valence-electron chi connectivity index (χ4n) is 0.655. The molecule has 0 unspecified atom stereocenters. The lowest BCUT2D eigenvalue weighted by atomic mass is 10.5. The molecule has 1 aliphatic heterocycles. The van der Waals surface area contributed by atoms with Crippen molar-refractivity contribution in [1.82, 2.24) is 4.90 Å². The molecule has 8 heavy (non-hydrogen) atoms. The zero-order valence-electron chi connectivity index (χ0n) is 4.59. The van der Waals surface area contributed by atoms with Crippen LogP contribution in [0.2, 0.25) is 0 Å². The minimum absolute atomic E-state index is 0.883. The zero-order chi connectivity index (χ0) is 5.82. The number of amides is 1. The topological polar surface area (TPSA) is 20.3 Å². The van der Waals surface area contributed by atoms with Crippen molar-refractivity contribution in [2.75, 3.05) is 24.6 Å². The first kappa shape index (κ1) is 5.95. The van der Waals surface area contributed by atoms with E-state index in [9.17, 15) is 4.79 Å². The third-order valence-corrected chi connectivity index (χ3v) is 2.08. The number of hydrogen-bond acceptors (Lipinski definition) is 2. The Balaban J connectivity index is 2.22. The van der Waals surface area contributed by atoms with Crippen LogP contribution in [-0.4, -0.2) is 35.9 Å². The molecule has 45 valence electrons. The predicted molar refractivity (Wildman–Crippen MR) is 34.6 cm³/mol. The molecule has 0 aromatic carbocycles. The van der Waals surface area contributed by atoms with E-state index in [1.54, 1.807) is 4.90 Å². The van der Waals surface area contributed by atoms with Crippen molar-refractivity contribution < 1.29 is 4.79 Å². The second-order valence-electron chi connectivity index (χ2n) is 1.69. The summed E-state index contributed by atoms with van der Waals surface area (Å²) in [6.07, 6.45) is 1.87. The van der Waals surface area contributed by atoms with Crippen LogP contribution in [0.5, 0.6) is 0 Å². The molecule has 0 spiro atoms. The van der Waals surface area contributed by atoms with Crippen LogP contribution < -0.4 is 0 Å². The van der Waals surface area contributed by atoms with Gasteiger partial charge >= 0.3 is 6.41 Å². The van der Waals surface area contributed by atoms with E-state index in [1.165, 1.54) is 0 Å². The summed E-state index contributed by atoms with van der Waals surface area (Å²) in [7, 11) is 0. The van der Waals surface area contributed by atoms with E-state index in [2.05, 4.69) is 0 Å². The van der Waals surface area contributed by atoms with Gasteiger partial charge in [-0.25, -0.2) is 0 Å². The molecule has 0 bridgehead atoms. The monoisotopic (exact) mass is 130 g/mol. The van der Waals surface area contributed by atoms with Gasteiger partial charge in [0.15, 0.2) is 0 Å². The highest BCUT2D eigenvalue weighted by molar-refractivity contribution is 7.99. The number of hydrogen-bond donors (Lipinski definition) is 0. The summed E-state index contributed by atoms with van der Waals surface area (Å²) in [5, 5.41) is 0. The van der Waals surface area contributed by atoms with Crippen LogP contribution in [0, 0.1) is 0 Å². The first-order valence-electron chi connectivity index (χ1n) is 2.64. The van der Waals surface area contributed by atoms with Crippen LogP contribution in [0.1, 0.15) is 0 Å². The molecule has 0 aliphatic carbocycles. The van der Waals surface area contributed by atoms with Crippen LogP contribution >= 0.6 is 11.8 Å². The van der Waals surface area contributed by atoms with Gasteiger partial charge in [0.1, 0.15) is 0 Å². The first-order valence-corrected chi connectivity index (χ1v) is 3.79. The van der Waals surface area contributed by atoms with Crippen molar-refractivity contribution in [3.05, 3.63) is 0 Å². The molecule has 1 amide bonds. The number of rotatable bonds is 1. The Morgan fingerprint density at radius 3 is 2.38 bits per heavy atom. The smallest absolute Gasteiger partial charge is 0.312 e. The summed E-state index contributed by atoms with van der Waals surface area (Å²) in [5.41, 5.74) is 0. The minimum atomic E-state index is 0.883. The Kier molecular flexibility index (Phi) is 2.21. The standard InChI is InChI=1S/C5H8NOS/c7-5-6-1-3-8-4-2-6/h1-4H2. The molecular weight excluding hydrogens is 122 g/mol. The van der Waals surface area contributed by atoms with Crippen LogP contribution in [0.4, 0.5) is 0 Å². The second-order valence-corrected chi connectivity index (χ2v) is 2.92. The molecule has 2 nitrogen and oxygen atoms in total. The molecule has 0 aromatic heterocycles. The molecule has 1 radical (unpaired) electrons. The maximum atomic E-state index is 9.95. The largest absolute Gasteiger partial charge is 0.333 e. The SMILES string of the molecule is O=[C]N1CCSCC1. The van der Waals surface area contributed by atoms with Crippen molar-refractivity contribution >= 4 is 18.2 Å². The normalized spacial score (nSPS) is 20.8. The molecule has 1 saturated heterocycles. The number of nitrogens with zero attached hydrogens (tertiary/aromatic N) is 1. The Morgan fingerprint density at radius 2 is 2.00 bits per heavy atom. The van der Waals surface area contributed by atoms with E-state index in [4.69, 9.17) is 0 Å². The van der Waals surface area contributed by atoms with Crippen molar-refractivity contribution in [3.63, 3.8) is 0 Å². The van der Waals surface area contributed by atoms with E-state index < -0.39 is 0 Å². The highest BCUT2D eigenvalue weighted by Gasteiger charge is 2.06. The van der Waals surface area contributed by atoms with E-state index in [1.807, 2.05) is 18.2 Å². The molecule has 0 saturated carbocycles. The van der Waals surface area contributed by atoms with Gasteiger partial charge in [-0.1, -0.05) is 0 Å². The summed E-state index contributed by atoms with van der Waals surface area (Å²) < 4.78 is 0. The summed E-state index contributed by atoms with van der Waals surface area (Å²) in [4.78, 5) is 11.6. The van der Waals surface area contributed by atoms with Gasteiger partial charge in [0.05, 0.1) is 0 Å². The number of thioether (sulfide) groups is 1. The van der Waals surface area contributed by atoms with E-state index >= 15 is 0 Å². The molecular formula is C5H8NOS. The maximum Gasteiger partial charge on any atom is 0.312 e. The molecule has 3 heteroatoms. The first-order chi connectivity index (χ1) is 3.93. The van der Waals surface area contributed by atoms with Gasteiger partial charge in [0.2, 0.25) is 0 Å². The minimum Gasteiger partial charge on any atom is -0.333 e. The molecule has 1 heterocycles. The van der Waals surface area contributed by atoms with E-state index in [-0.39, 0.29) is 0 Å². The highest BCUT2D eigenvalue weighted by Crippen LogP contribution is 2.06. The summed E-state index contributed by atoms with van der Waals surface area (Å²) >= 11 is 1.89. The summed E-state index contributed by atoms with van der Waals surface area (Å²) in [6.45, 7) is 1.77. The Bertz CT molecular complexity index is 80.5. The van der Waals surface area contributed by atoms with E-state index in [0.29, 0.717) is 0 Å². The van der Waals surface area contributed by atoms with Crippen molar-refractivity contribution in [2.24, 2.45) is 0 Å². The lowest BCUT2D eigenvalue weighted by molar-refractivity contribution is 0.409. The van der Waals surface area contributed by atoms with Gasteiger partial charge in [-0.05, 0) is 0 Å². The lowest BCUT2D eigenvalue weighted by Crippen LogP contribution is -2.30. The zero-order valence-corrected chi connectivity index (χ0v) is 5.41. The second kappa shape index (κ2) is 2.97. The van der Waals surface area contributed by atoms with Gasteiger partial charge in [0, 0.05) is 24.6 Å². The average Bonchev–Trinajstić information content (AvgIpc) is 1.90. The fourth-order valence-corrected chi connectivity index (χ4v) is 1.56. The fraction of sp³-hybridized carbons (Fsp3) is 0.800. The summed E-state index contributed by atoms with van der Waals surface area (Å²) in [6, 6.07) is 0. The third kappa shape index (κ3) is 1.40. The molecule has 0 aromatic rings. The van der Waals surface area contributed by atoms with Crippen LogP contribution in [0.15, 0.2) is 0 Å². The van der Waals surface area contributed by atoms with Gasteiger partial charge in [-0.15, -0.1) is 0 Å². The van der Waals surface area contributed by atoms with Crippen molar-refractivity contribution in [3.8, 4) is 0 Å². The Labute approximate surface area is 53.2 Å². The van der Waals surface area contributed by atoms with Crippen LogP contribution in [-0.2, 0) is 4.79 Å². The van der Waals surface area contributed by atoms with Crippen molar-refractivity contribution in [2.45, 2.75) is 0 Å². The number of carbonyl (C=O) groups excluding carboxylic acids is 1. The van der Waals surface area contributed by atoms with Gasteiger partial charge in [-0.2, -0.15) is 11.8 Å². The molecule has 0 atom stereocenters. The molecule has 1 aliphatic rings. The van der Waals surface area contributed by atoms with Crippen molar-refractivity contribution in [1.29, 1.82) is 0 Å². The highest BCUT2D eigenvalue weighted by atomic mass is 32.2. The summed E-state index contributed by atoms with van der Waals surface area (Å²) in [5.74, 6) is 2.16.